The summed E-state index contributed by atoms with van der Waals surface area (Å²) in [5.74, 6) is 1.26. The Morgan fingerprint density at radius 2 is 2.00 bits per heavy atom. The van der Waals surface area contributed by atoms with Crippen molar-refractivity contribution in [1.29, 1.82) is 0 Å². The molecule has 0 aliphatic carbocycles. The van der Waals surface area contributed by atoms with Gasteiger partial charge in [-0.1, -0.05) is 24.3 Å². The number of carbonyl (C=O) groups is 1. The molecule has 0 bridgehead atoms. The van der Waals surface area contributed by atoms with E-state index in [1.807, 2.05) is 47.4 Å². The molecule has 1 fully saturated rings. The van der Waals surface area contributed by atoms with Crippen LogP contribution < -0.4 is 14.8 Å². The second-order valence-corrected chi connectivity index (χ2v) is 6.77. The topological polar surface area (TPSA) is 60.0 Å². The molecule has 0 radical (unpaired) electrons. The van der Waals surface area contributed by atoms with E-state index >= 15 is 0 Å². The quantitative estimate of drug-likeness (QED) is 0.876. The van der Waals surface area contributed by atoms with Gasteiger partial charge < -0.3 is 24.4 Å². The van der Waals surface area contributed by atoms with Crippen molar-refractivity contribution in [2.75, 3.05) is 32.7 Å². The monoisotopic (exact) mass is 368 g/mol. The third-order valence-electron chi connectivity index (χ3n) is 5.17. The molecule has 4 rings (SSSR count). The molecule has 1 N–H and O–H groups in total. The second kappa shape index (κ2) is 7.48. The van der Waals surface area contributed by atoms with Crippen LogP contribution in [0.4, 0.5) is 5.69 Å². The average molecular weight is 368 g/mol. The molecule has 2 heterocycles. The van der Waals surface area contributed by atoms with Crippen LogP contribution in [0.25, 0.3) is 0 Å². The largest absolute Gasteiger partial charge is 0.493 e. The summed E-state index contributed by atoms with van der Waals surface area (Å²) in [6.45, 7) is 1.29. The van der Waals surface area contributed by atoms with Gasteiger partial charge in [-0.15, -0.1) is 0 Å². The van der Waals surface area contributed by atoms with E-state index in [9.17, 15) is 4.79 Å². The molecule has 2 unspecified atom stereocenters. The molecular formula is C21H24N2O4. The standard InChI is InChI=1S/C21H24N2O4/c1-25-18-11-5-9-16(19(18)26-2)20-22-17-10-4-3-8-15(17)21(24)23(20)13-14-7-6-12-27-14/h3-5,8-11,14,20,22H,6-7,12-13H2,1-2H3. The fraction of sp³-hybridized carbons (Fsp3) is 0.381. The number of rotatable bonds is 5. The Labute approximate surface area is 159 Å². The Kier molecular flexibility index (Phi) is 4.90. The van der Waals surface area contributed by atoms with Gasteiger partial charge in [-0.2, -0.15) is 0 Å². The maximum absolute atomic E-state index is 13.3. The number of para-hydroxylation sites is 2. The van der Waals surface area contributed by atoms with Crippen LogP contribution in [0.1, 0.15) is 34.9 Å². The highest BCUT2D eigenvalue weighted by molar-refractivity contribution is 6.01. The number of carbonyl (C=O) groups excluding carboxylic acids is 1. The van der Waals surface area contributed by atoms with E-state index in [0.717, 1.165) is 30.7 Å². The zero-order chi connectivity index (χ0) is 18.8. The summed E-state index contributed by atoms with van der Waals surface area (Å²) < 4.78 is 16.9. The predicted octanol–water partition coefficient (Wildman–Crippen LogP) is 3.45. The first-order valence-electron chi connectivity index (χ1n) is 9.22. The minimum absolute atomic E-state index is 0.00489. The molecule has 1 saturated heterocycles. The second-order valence-electron chi connectivity index (χ2n) is 6.77. The molecule has 142 valence electrons. The van der Waals surface area contributed by atoms with Gasteiger partial charge in [0.1, 0.15) is 6.17 Å². The van der Waals surface area contributed by atoms with Gasteiger partial charge in [-0.05, 0) is 31.0 Å². The lowest BCUT2D eigenvalue weighted by molar-refractivity contribution is 0.0424. The van der Waals surface area contributed by atoms with E-state index in [1.54, 1.807) is 14.2 Å². The average Bonchev–Trinajstić information content (AvgIpc) is 3.22. The number of methoxy groups -OCH3 is 2. The van der Waals surface area contributed by atoms with Gasteiger partial charge in [0.05, 0.1) is 25.9 Å². The molecule has 1 amide bonds. The highest BCUT2D eigenvalue weighted by Gasteiger charge is 2.36. The molecule has 2 atom stereocenters. The molecule has 2 aliphatic heterocycles. The highest BCUT2D eigenvalue weighted by Crippen LogP contribution is 2.41. The van der Waals surface area contributed by atoms with E-state index < -0.39 is 0 Å². The number of amides is 1. The first-order chi connectivity index (χ1) is 13.2. The van der Waals surface area contributed by atoms with Crippen molar-refractivity contribution in [2.45, 2.75) is 25.1 Å². The molecule has 0 spiro atoms. The fourth-order valence-electron chi connectivity index (χ4n) is 3.86. The molecule has 2 aromatic rings. The van der Waals surface area contributed by atoms with Crippen molar-refractivity contribution in [3.8, 4) is 11.5 Å². The van der Waals surface area contributed by atoms with Gasteiger partial charge in [-0.25, -0.2) is 0 Å². The Hall–Kier alpha value is -2.73. The number of benzene rings is 2. The van der Waals surface area contributed by atoms with Crippen LogP contribution in [0, 0.1) is 0 Å². The molecular weight excluding hydrogens is 344 g/mol. The minimum atomic E-state index is -0.360. The van der Waals surface area contributed by atoms with Crippen LogP contribution in [0.2, 0.25) is 0 Å². The Balaban J connectivity index is 1.77. The number of nitrogens with zero attached hydrogens (tertiary/aromatic N) is 1. The molecule has 2 aliphatic rings. The molecule has 2 aromatic carbocycles. The SMILES string of the molecule is COc1cccc(C2Nc3ccccc3C(=O)N2CC2CCCO2)c1OC. The normalized spacial score (nSPS) is 21.6. The molecule has 27 heavy (non-hydrogen) atoms. The molecule has 0 aromatic heterocycles. The first-order valence-corrected chi connectivity index (χ1v) is 9.22. The van der Waals surface area contributed by atoms with E-state index in [-0.39, 0.29) is 18.2 Å². The van der Waals surface area contributed by atoms with Gasteiger partial charge in [0.25, 0.3) is 5.91 Å². The van der Waals surface area contributed by atoms with Gasteiger partial charge in [0, 0.05) is 24.4 Å². The summed E-state index contributed by atoms with van der Waals surface area (Å²) in [5, 5.41) is 3.51. The van der Waals surface area contributed by atoms with Crippen LogP contribution in [0.3, 0.4) is 0 Å². The minimum Gasteiger partial charge on any atom is -0.493 e. The van der Waals surface area contributed by atoms with E-state index in [1.165, 1.54) is 0 Å². The Morgan fingerprint density at radius 3 is 2.74 bits per heavy atom. The lowest BCUT2D eigenvalue weighted by atomic mass is 10.0. The first kappa shape index (κ1) is 17.7. The summed E-state index contributed by atoms with van der Waals surface area (Å²) in [4.78, 5) is 15.1. The van der Waals surface area contributed by atoms with Crippen molar-refractivity contribution in [3.63, 3.8) is 0 Å². The zero-order valence-electron chi connectivity index (χ0n) is 15.6. The fourth-order valence-corrected chi connectivity index (χ4v) is 3.86. The number of hydrogen-bond donors (Lipinski definition) is 1. The van der Waals surface area contributed by atoms with Crippen LogP contribution in [0.5, 0.6) is 11.5 Å². The maximum atomic E-state index is 13.3. The molecule has 6 heteroatoms. The van der Waals surface area contributed by atoms with Crippen LogP contribution in [-0.2, 0) is 4.74 Å². The highest BCUT2D eigenvalue weighted by atomic mass is 16.5. The van der Waals surface area contributed by atoms with Crippen LogP contribution in [-0.4, -0.2) is 44.3 Å². The van der Waals surface area contributed by atoms with E-state index in [2.05, 4.69) is 5.32 Å². The zero-order valence-corrected chi connectivity index (χ0v) is 15.6. The van der Waals surface area contributed by atoms with Crippen molar-refractivity contribution in [1.82, 2.24) is 4.90 Å². The van der Waals surface area contributed by atoms with E-state index in [0.29, 0.717) is 23.6 Å². The van der Waals surface area contributed by atoms with Crippen molar-refractivity contribution < 1.29 is 19.0 Å². The summed E-state index contributed by atoms with van der Waals surface area (Å²) >= 11 is 0. The predicted molar refractivity (Wildman–Crippen MR) is 102 cm³/mol. The van der Waals surface area contributed by atoms with Crippen LogP contribution in [0.15, 0.2) is 42.5 Å². The number of fused-ring (bicyclic) bond motifs is 1. The Morgan fingerprint density at radius 1 is 1.15 bits per heavy atom. The Bertz CT molecular complexity index is 833. The summed E-state index contributed by atoms with van der Waals surface area (Å²) in [7, 11) is 3.23. The maximum Gasteiger partial charge on any atom is 0.257 e. The number of nitrogens with one attached hydrogen (secondary N) is 1. The summed E-state index contributed by atoms with van der Waals surface area (Å²) in [6, 6.07) is 13.3. The van der Waals surface area contributed by atoms with Crippen molar-refractivity contribution in [2.24, 2.45) is 0 Å². The van der Waals surface area contributed by atoms with Gasteiger partial charge in [-0.3, -0.25) is 4.79 Å². The third-order valence-corrected chi connectivity index (χ3v) is 5.17. The van der Waals surface area contributed by atoms with Gasteiger partial charge in [0.15, 0.2) is 11.5 Å². The molecule has 6 nitrogen and oxygen atoms in total. The van der Waals surface area contributed by atoms with Crippen LogP contribution >= 0.6 is 0 Å². The smallest absolute Gasteiger partial charge is 0.257 e. The molecule has 0 saturated carbocycles. The van der Waals surface area contributed by atoms with Crippen molar-refractivity contribution in [3.05, 3.63) is 53.6 Å². The number of hydrogen-bond acceptors (Lipinski definition) is 5. The van der Waals surface area contributed by atoms with Gasteiger partial charge in [0.2, 0.25) is 0 Å². The number of anilines is 1. The number of ether oxygens (including phenoxy) is 3. The van der Waals surface area contributed by atoms with Gasteiger partial charge >= 0.3 is 0 Å². The summed E-state index contributed by atoms with van der Waals surface area (Å²) in [6.07, 6.45) is 1.69. The van der Waals surface area contributed by atoms with Crippen molar-refractivity contribution >= 4 is 11.6 Å². The lowest BCUT2D eigenvalue weighted by Crippen LogP contribution is -2.46. The summed E-state index contributed by atoms with van der Waals surface area (Å²) in [5.41, 5.74) is 2.35. The lowest BCUT2D eigenvalue weighted by Gasteiger charge is -2.39. The van der Waals surface area contributed by atoms with E-state index in [4.69, 9.17) is 14.2 Å². The third kappa shape index (κ3) is 3.21.